The molecule has 0 fully saturated rings. The zero-order valence-corrected chi connectivity index (χ0v) is 12.9. The van der Waals surface area contributed by atoms with Crippen LogP contribution in [0.4, 0.5) is 0 Å². The summed E-state index contributed by atoms with van der Waals surface area (Å²) in [7, 11) is 1.66. The molecule has 0 heterocycles. The maximum Gasteiger partial charge on any atom is 0.233 e. The van der Waals surface area contributed by atoms with E-state index >= 15 is 0 Å². The molecular formula is C14H20ClNO2S. The molecule has 0 aliphatic heterocycles. The zero-order chi connectivity index (χ0) is 14.1. The normalized spacial score (nSPS) is 12.2. The lowest BCUT2D eigenvalue weighted by Gasteiger charge is -2.14. The fraction of sp³-hybridized carbons (Fsp3) is 0.500. The number of methoxy groups -OCH3 is 1. The van der Waals surface area contributed by atoms with Crippen LogP contribution in [0.3, 0.4) is 0 Å². The number of thioether (sulfide) groups is 1. The van der Waals surface area contributed by atoms with Gasteiger partial charge < -0.3 is 10.1 Å². The Labute approximate surface area is 124 Å². The highest BCUT2D eigenvalue weighted by atomic mass is 35.5. The predicted molar refractivity (Wildman–Crippen MR) is 80.9 cm³/mol. The van der Waals surface area contributed by atoms with Crippen molar-refractivity contribution in [3.8, 4) is 0 Å². The molecule has 19 heavy (non-hydrogen) atoms. The highest BCUT2D eigenvalue weighted by Crippen LogP contribution is 2.26. The van der Waals surface area contributed by atoms with E-state index in [1.807, 2.05) is 31.2 Å². The Morgan fingerprint density at radius 3 is 2.68 bits per heavy atom. The second-order valence-corrected chi connectivity index (χ2v) is 5.82. The summed E-state index contributed by atoms with van der Waals surface area (Å²) in [4.78, 5) is 13.1. The van der Waals surface area contributed by atoms with E-state index in [4.69, 9.17) is 16.3 Å². The average molecular weight is 302 g/mol. The van der Waals surface area contributed by atoms with Crippen molar-refractivity contribution in [2.24, 2.45) is 0 Å². The minimum atomic E-state index is -0.0660. The molecule has 1 rings (SSSR count). The lowest BCUT2D eigenvalue weighted by Crippen LogP contribution is -2.33. The minimum Gasteiger partial charge on any atom is -0.385 e. The Morgan fingerprint density at radius 2 is 2.11 bits per heavy atom. The Morgan fingerprint density at radius 1 is 1.42 bits per heavy atom. The second-order valence-electron chi connectivity index (χ2n) is 4.11. The molecule has 0 aliphatic carbocycles. The summed E-state index contributed by atoms with van der Waals surface area (Å²) >= 11 is 7.41. The molecular weight excluding hydrogens is 282 g/mol. The standard InChI is InChI=1S/C14H20ClNO2S/c1-3-13(14(17)16-9-4-10-18-2)19-12-7-5-11(15)6-8-12/h5-8,13H,3-4,9-10H2,1-2H3,(H,16,17). The number of halogens is 1. The van der Waals surface area contributed by atoms with Gasteiger partial charge in [0, 0.05) is 30.2 Å². The van der Waals surface area contributed by atoms with Gasteiger partial charge >= 0.3 is 0 Å². The van der Waals surface area contributed by atoms with E-state index in [0.29, 0.717) is 18.2 Å². The van der Waals surface area contributed by atoms with Crippen LogP contribution in [0.1, 0.15) is 19.8 Å². The van der Waals surface area contributed by atoms with Crippen LogP contribution in [0.2, 0.25) is 5.02 Å². The summed E-state index contributed by atoms with van der Waals surface area (Å²) in [6, 6.07) is 7.56. The number of carbonyl (C=O) groups is 1. The van der Waals surface area contributed by atoms with E-state index < -0.39 is 0 Å². The largest absolute Gasteiger partial charge is 0.385 e. The van der Waals surface area contributed by atoms with Gasteiger partial charge in [0.2, 0.25) is 5.91 Å². The Kier molecular flexibility index (Phi) is 7.94. The van der Waals surface area contributed by atoms with Crippen LogP contribution in [-0.2, 0) is 9.53 Å². The number of rotatable bonds is 8. The predicted octanol–water partition coefficient (Wildman–Crippen LogP) is 3.36. The van der Waals surface area contributed by atoms with E-state index in [1.54, 1.807) is 18.9 Å². The topological polar surface area (TPSA) is 38.3 Å². The molecule has 3 nitrogen and oxygen atoms in total. The summed E-state index contributed by atoms with van der Waals surface area (Å²) in [5.74, 6) is 0.0820. The van der Waals surface area contributed by atoms with Gasteiger partial charge in [0.15, 0.2) is 0 Å². The number of hydrogen-bond acceptors (Lipinski definition) is 3. The SMILES string of the molecule is CCC(Sc1ccc(Cl)cc1)C(=O)NCCCOC. The van der Waals surface area contributed by atoms with Gasteiger partial charge in [-0.15, -0.1) is 11.8 Å². The van der Waals surface area contributed by atoms with Gasteiger partial charge in [0.1, 0.15) is 0 Å². The van der Waals surface area contributed by atoms with Gasteiger partial charge in [-0.3, -0.25) is 4.79 Å². The van der Waals surface area contributed by atoms with Crippen molar-refractivity contribution in [2.75, 3.05) is 20.3 Å². The molecule has 1 unspecified atom stereocenters. The first-order valence-corrected chi connectivity index (χ1v) is 7.62. The van der Waals surface area contributed by atoms with Crippen LogP contribution >= 0.6 is 23.4 Å². The van der Waals surface area contributed by atoms with Gasteiger partial charge in [0.25, 0.3) is 0 Å². The van der Waals surface area contributed by atoms with Crippen molar-refractivity contribution in [3.63, 3.8) is 0 Å². The zero-order valence-electron chi connectivity index (χ0n) is 11.3. The quantitative estimate of drug-likeness (QED) is 0.591. The summed E-state index contributed by atoms with van der Waals surface area (Å²) in [6.45, 7) is 3.34. The van der Waals surface area contributed by atoms with Crippen LogP contribution in [0.5, 0.6) is 0 Å². The lowest BCUT2D eigenvalue weighted by atomic mass is 10.3. The van der Waals surface area contributed by atoms with E-state index in [1.165, 1.54) is 0 Å². The van der Waals surface area contributed by atoms with Crippen molar-refractivity contribution < 1.29 is 9.53 Å². The fourth-order valence-corrected chi connectivity index (χ4v) is 2.65. The lowest BCUT2D eigenvalue weighted by molar-refractivity contribution is -0.120. The van der Waals surface area contributed by atoms with Gasteiger partial charge in [0.05, 0.1) is 5.25 Å². The summed E-state index contributed by atoms with van der Waals surface area (Å²) in [5, 5.41) is 3.58. The first kappa shape index (κ1) is 16.3. The molecule has 106 valence electrons. The van der Waals surface area contributed by atoms with Gasteiger partial charge in [-0.25, -0.2) is 0 Å². The molecule has 0 radical (unpaired) electrons. The van der Waals surface area contributed by atoms with Crippen LogP contribution in [0.25, 0.3) is 0 Å². The third-order valence-corrected chi connectivity index (χ3v) is 4.21. The summed E-state index contributed by atoms with van der Waals surface area (Å²) in [5.41, 5.74) is 0. The Hall–Kier alpha value is -0.710. The van der Waals surface area contributed by atoms with Crippen LogP contribution < -0.4 is 5.32 Å². The molecule has 5 heteroatoms. The van der Waals surface area contributed by atoms with Gasteiger partial charge in [-0.05, 0) is 37.1 Å². The van der Waals surface area contributed by atoms with E-state index in [-0.39, 0.29) is 11.2 Å². The molecule has 0 aliphatic rings. The van der Waals surface area contributed by atoms with E-state index in [2.05, 4.69) is 5.32 Å². The first-order chi connectivity index (χ1) is 9.17. The smallest absolute Gasteiger partial charge is 0.233 e. The molecule has 0 spiro atoms. The van der Waals surface area contributed by atoms with E-state index in [0.717, 1.165) is 17.7 Å². The number of amides is 1. The molecule has 0 aromatic heterocycles. The summed E-state index contributed by atoms with van der Waals surface area (Å²) in [6.07, 6.45) is 1.63. The van der Waals surface area contributed by atoms with Gasteiger partial charge in [-0.1, -0.05) is 18.5 Å². The summed E-state index contributed by atoms with van der Waals surface area (Å²) < 4.78 is 4.95. The monoisotopic (exact) mass is 301 g/mol. The number of carbonyl (C=O) groups excluding carboxylic acids is 1. The Balaban J connectivity index is 2.43. The van der Waals surface area contributed by atoms with Crippen LogP contribution in [0, 0.1) is 0 Å². The minimum absolute atomic E-state index is 0.0660. The fourth-order valence-electron chi connectivity index (χ4n) is 1.54. The second kappa shape index (κ2) is 9.23. The number of benzene rings is 1. The van der Waals surface area contributed by atoms with Crippen LogP contribution in [-0.4, -0.2) is 31.4 Å². The third kappa shape index (κ3) is 6.32. The Bertz CT molecular complexity index is 384. The van der Waals surface area contributed by atoms with Crippen LogP contribution in [0.15, 0.2) is 29.2 Å². The maximum absolute atomic E-state index is 12.0. The highest BCUT2D eigenvalue weighted by molar-refractivity contribution is 8.00. The molecule has 0 bridgehead atoms. The molecule has 1 atom stereocenters. The van der Waals surface area contributed by atoms with Crippen molar-refractivity contribution in [3.05, 3.63) is 29.3 Å². The van der Waals surface area contributed by atoms with Crippen molar-refractivity contribution in [2.45, 2.75) is 29.9 Å². The third-order valence-electron chi connectivity index (χ3n) is 2.58. The molecule has 1 N–H and O–H groups in total. The molecule has 0 saturated heterocycles. The number of ether oxygens (including phenoxy) is 1. The molecule has 1 aromatic rings. The number of nitrogens with one attached hydrogen (secondary N) is 1. The molecule has 1 amide bonds. The average Bonchev–Trinajstić information content (AvgIpc) is 2.42. The first-order valence-electron chi connectivity index (χ1n) is 6.36. The highest BCUT2D eigenvalue weighted by Gasteiger charge is 2.17. The number of hydrogen-bond donors (Lipinski definition) is 1. The molecule has 1 aromatic carbocycles. The molecule has 0 saturated carbocycles. The van der Waals surface area contributed by atoms with Crippen molar-refractivity contribution in [1.82, 2.24) is 5.32 Å². The van der Waals surface area contributed by atoms with E-state index in [9.17, 15) is 4.79 Å². The van der Waals surface area contributed by atoms with Crippen molar-refractivity contribution >= 4 is 29.3 Å². The van der Waals surface area contributed by atoms with Crippen molar-refractivity contribution in [1.29, 1.82) is 0 Å². The maximum atomic E-state index is 12.0. The van der Waals surface area contributed by atoms with Gasteiger partial charge in [-0.2, -0.15) is 0 Å².